The molecule has 21 heavy (non-hydrogen) atoms. The minimum Gasteiger partial charge on any atom is -0.496 e. The van der Waals surface area contributed by atoms with Crippen molar-refractivity contribution in [2.45, 2.75) is 25.8 Å². The average Bonchev–Trinajstić information content (AvgIpc) is 2.88. The Hall–Kier alpha value is -0.550. The van der Waals surface area contributed by atoms with E-state index in [1.54, 1.807) is 18.4 Å². The third kappa shape index (κ3) is 4.46. The minimum absolute atomic E-state index is 0.215. The van der Waals surface area contributed by atoms with Crippen molar-refractivity contribution in [1.82, 2.24) is 5.32 Å². The van der Waals surface area contributed by atoms with Crippen LogP contribution >= 0.6 is 38.9 Å². The molecule has 1 unspecified atom stereocenters. The van der Waals surface area contributed by atoms with Crippen LogP contribution in [0.3, 0.4) is 0 Å². The van der Waals surface area contributed by atoms with Crippen molar-refractivity contribution in [3.8, 4) is 5.75 Å². The number of hydrogen-bond acceptors (Lipinski definition) is 3. The third-order valence-corrected chi connectivity index (χ3v) is 5.48. The van der Waals surface area contributed by atoms with Crippen molar-refractivity contribution in [3.05, 3.63) is 49.6 Å². The summed E-state index contributed by atoms with van der Waals surface area (Å²) < 4.78 is 6.67. The summed E-state index contributed by atoms with van der Waals surface area (Å²) in [5.41, 5.74) is 1.15. The van der Waals surface area contributed by atoms with E-state index in [2.05, 4.69) is 45.7 Å². The molecule has 0 aliphatic rings. The summed E-state index contributed by atoms with van der Waals surface area (Å²) in [5.74, 6) is 0.837. The molecule has 0 amide bonds. The normalized spacial score (nSPS) is 12.4. The molecular weight excluding hydrogens is 370 g/mol. The highest BCUT2D eigenvalue weighted by atomic mass is 79.9. The molecule has 0 saturated heterocycles. The topological polar surface area (TPSA) is 21.3 Å². The van der Waals surface area contributed by atoms with Crippen LogP contribution in [0.15, 0.2) is 34.1 Å². The fourth-order valence-corrected chi connectivity index (χ4v) is 3.96. The fourth-order valence-electron chi connectivity index (χ4n) is 2.24. The highest BCUT2D eigenvalue weighted by Gasteiger charge is 2.18. The number of halogens is 2. The van der Waals surface area contributed by atoms with Crippen molar-refractivity contribution < 1.29 is 4.74 Å². The Kier molecular flexibility index (Phi) is 6.55. The van der Waals surface area contributed by atoms with Gasteiger partial charge in [-0.05, 0) is 52.5 Å². The van der Waals surface area contributed by atoms with Crippen molar-refractivity contribution in [2.75, 3.05) is 13.7 Å². The zero-order valence-corrected chi connectivity index (χ0v) is 15.3. The smallest absolute Gasteiger partial charge is 0.125 e. The summed E-state index contributed by atoms with van der Waals surface area (Å²) >= 11 is 11.4. The van der Waals surface area contributed by atoms with Crippen LogP contribution in [-0.2, 0) is 6.42 Å². The van der Waals surface area contributed by atoms with Gasteiger partial charge in [-0.15, -0.1) is 11.3 Å². The molecule has 0 aliphatic heterocycles. The first-order valence-corrected chi connectivity index (χ1v) is 8.99. The summed E-state index contributed by atoms with van der Waals surface area (Å²) in [6, 6.07) is 8.16. The van der Waals surface area contributed by atoms with Crippen molar-refractivity contribution >= 4 is 38.9 Å². The van der Waals surface area contributed by atoms with Crippen molar-refractivity contribution in [1.29, 1.82) is 0 Å². The van der Waals surface area contributed by atoms with Gasteiger partial charge in [-0.3, -0.25) is 0 Å². The van der Waals surface area contributed by atoms with Crippen LogP contribution in [0.1, 0.15) is 29.8 Å². The van der Waals surface area contributed by atoms with Gasteiger partial charge in [-0.25, -0.2) is 0 Å². The molecule has 0 radical (unpaired) electrons. The van der Waals surface area contributed by atoms with Gasteiger partial charge in [0.2, 0.25) is 0 Å². The van der Waals surface area contributed by atoms with E-state index >= 15 is 0 Å². The standard InChI is InChI=1S/C16H19BrClNOS/c1-3-7-19-14(10-16-13(17)6-8-21-16)12-5-4-11(18)9-15(12)20-2/h4-6,8-9,14,19H,3,7,10H2,1-2H3. The van der Waals surface area contributed by atoms with E-state index in [1.165, 1.54) is 9.35 Å². The Bertz CT molecular complexity index is 587. The number of rotatable bonds is 7. The first-order chi connectivity index (χ1) is 10.2. The molecule has 0 aliphatic carbocycles. The second-order valence-corrected chi connectivity index (χ2v) is 7.08. The number of nitrogens with one attached hydrogen (secondary N) is 1. The minimum atomic E-state index is 0.215. The van der Waals surface area contributed by atoms with E-state index in [-0.39, 0.29) is 6.04 Å². The Balaban J connectivity index is 2.29. The number of methoxy groups -OCH3 is 1. The lowest BCUT2D eigenvalue weighted by molar-refractivity contribution is 0.398. The van der Waals surface area contributed by atoms with Crippen molar-refractivity contribution in [2.24, 2.45) is 0 Å². The van der Waals surface area contributed by atoms with Crippen LogP contribution < -0.4 is 10.1 Å². The van der Waals surface area contributed by atoms with Gasteiger partial charge >= 0.3 is 0 Å². The van der Waals surface area contributed by atoms with Crippen LogP contribution in [0.4, 0.5) is 0 Å². The van der Waals surface area contributed by atoms with Crippen LogP contribution in [0.5, 0.6) is 5.75 Å². The molecular formula is C16H19BrClNOS. The maximum atomic E-state index is 6.07. The molecule has 1 atom stereocenters. The maximum absolute atomic E-state index is 6.07. The largest absolute Gasteiger partial charge is 0.496 e. The van der Waals surface area contributed by atoms with Gasteiger partial charge in [0.25, 0.3) is 0 Å². The predicted molar refractivity (Wildman–Crippen MR) is 94.8 cm³/mol. The number of ether oxygens (including phenoxy) is 1. The third-order valence-electron chi connectivity index (χ3n) is 3.29. The molecule has 0 saturated carbocycles. The van der Waals surface area contributed by atoms with Crippen LogP contribution in [0, 0.1) is 0 Å². The molecule has 114 valence electrons. The number of thiophene rings is 1. The number of hydrogen-bond donors (Lipinski definition) is 1. The molecule has 0 fully saturated rings. The molecule has 1 aromatic heterocycles. The predicted octanol–water partition coefficient (Wildman–Crippen LogP) is 5.46. The summed E-state index contributed by atoms with van der Waals surface area (Å²) in [4.78, 5) is 1.33. The lowest BCUT2D eigenvalue weighted by atomic mass is 10.0. The Morgan fingerprint density at radius 1 is 1.38 bits per heavy atom. The maximum Gasteiger partial charge on any atom is 0.125 e. The fraction of sp³-hybridized carbons (Fsp3) is 0.375. The molecule has 0 spiro atoms. The van der Waals surface area contributed by atoms with Gasteiger partial charge in [0, 0.05) is 32.4 Å². The molecule has 0 bridgehead atoms. The van der Waals surface area contributed by atoms with E-state index in [0.29, 0.717) is 5.02 Å². The van der Waals surface area contributed by atoms with Gasteiger partial charge in [-0.2, -0.15) is 0 Å². The summed E-state index contributed by atoms with van der Waals surface area (Å²) in [6.45, 7) is 3.14. The monoisotopic (exact) mass is 387 g/mol. The molecule has 1 aromatic carbocycles. The van der Waals surface area contributed by atoms with E-state index in [4.69, 9.17) is 16.3 Å². The van der Waals surface area contributed by atoms with Crippen LogP contribution in [0.25, 0.3) is 0 Å². The van der Waals surface area contributed by atoms with Gasteiger partial charge < -0.3 is 10.1 Å². The Morgan fingerprint density at radius 3 is 2.81 bits per heavy atom. The van der Waals surface area contributed by atoms with Crippen LogP contribution in [-0.4, -0.2) is 13.7 Å². The second kappa shape index (κ2) is 8.18. The summed E-state index contributed by atoms with van der Waals surface area (Å²) in [7, 11) is 1.69. The summed E-state index contributed by atoms with van der Waals surface area (Å²) in [6.07, 6.45) is 2.02. The Labute approximate surface area is 143 Å². The second-order valence-electron chi connectivity index (χ2n) is 4.79. The van der Waals surface area contributed by atoms with E-state index in [0.717, 1.165) is 30.7 Å². The first kappa shape index (κ1) is 16.8. The lowest BCUT2D eigenvalue weighted by Crippen LogP contribution is -2.24. The average molecular weight is 389 g/mol. The summed E-state index contributed by atoms with van der Waals surface area (Å²) in [5, 5.41) is 6.41. The molecule has 1 N–H and O–H groups in total. The van der Waals surface area contributed by atoms with Crippen molar-refractivity contribution in [3.63, 3.8) is 0 Å². The zero-order chi connectivity index (χ0) is 15.2. The van der Waals surface area contributed by atoms with E-state index in [9.17, 15) is 0 Å². The van der Waals surface area contributed by atoms with Gasteiger partial charge in [-0.1, -0.05) is 24.6 Å². The quantitative estimate of drug-likeness (QED) is 0.680. The van der Waals surface area contributed by atoms with Gasteiger partial charge in [0.05, 0.1) is 7.11 Å². The molecule has 1 heterocycles. The SMILES string of the molecule is CCCNC(Cc1sccc1Br)c1ccc(Cl)cc1OC. The molecule has 2 rings (SSSR count). The molecule has 2 aromatic rings. The van der Waals surface area contributed by atoms with Gasteiger partial charge in [0.1, 0.15) is 5.75 Å². The van der Waals surface area contributed by atoms with E-state index in [1.807, 2.05) is 12.1 Å². The molecule has 2 nitrogen and oxygen atoms in total. The lowest BCUT2D eigenvalue weighted by Gasteiger charge is -2.21. The van der Waals surface area contributed by atoms with Gasteiger partial charge in [0.15, 0.2) is 0 Å². The highest BCUT2D eigenvalue weighted by molar-refractivity contribution is 9.10. The first-order valence-electron chi connectivity index (χ1n) is 6.94. The van der Waals surface area contributed by atoms with Crippen LogP contribution in [0.2, 0.25) is 5.02 Å². The number of benzene rings is 1. The molecule has 5 heteroatoms. The van der Waals surface area contributed by atoms with E-state index < -0.39 is 0 Å². The Morgan fingerprint density at radius 2 is 2.19 bits per heavy atom. The zero-order valence-electron chi connectivity index (χ0n) is 12.2. The highest BCUT2D eigenvalue weighted by Crippen LogP contribution is 2.33.